The zero-order valence-electron chi connectivity index (χ0n) is 14.4. The minimum Gasteiger partial charge on any atom is -0.368 e. The van der Waals surface area contributed by atoms with Crippen LogP contribution in [0.15, 0.2) is 49.1 Å². The maximum Gasteiger partial charge on any atom is 0.291 e. The van der Waals surface area contributed by atoms with Gasteiger partial charge < -0.3 is 11.1 Å². The van der Waals surface area contributed by atoms with Gasteiger partial charge >= 0.3 is 0 Å². The molecule has 4 rings (SSSR count). The molecule has 27 heavy (non-hydrogen) atoms. The molecule has 0 aliphatic rings. The summed E-state index contributed by atoms with van der Waals surface area (Å²) in [4.78, 5) is 22.3. The van der Waals surface area contributed by atoms with Gasteiger partial charge in [-0.05, 0) is 42.8 Å². The van der Waals surface area contributed by atoms with E-state index in [2.05, 4.69) is 25.5 Å². The average molecular weight is 380 g/mol. The molecule has 0 unspecified atom stereocenters. The lowest BCUT2D eigenvalue weighted by atomic mass is 10.3. The maximum absolute atomic E-state index is 12.6. The van der Waals surface area contributed by atoms with Gasteiger partial charge in [0.2, 0.25) is 11.9 Å². The van der Waals surface area contributed by atoms with E-state index in [4.69, 9.17) is 5.73 Å². The largest absolute Gasteiger partial charge is 0.368 e. The number of rotatable bonds is 5. The Bertz CT molecular complexity index is 1070. The van der Waals surface area contributed by atoms with Crippen LogP contribution in [-0.2, 0) is 6.42 Å². The van der Waals surface area contributed by atoms with Crippen LogP contribution in [0.3, 0.4) is 0 Å². The Morgan fingerprint density at radius 1 is 1.22 bits per heavy atom. The number of benzene rings is 1. The van der Waals surface area contributed by atoms with Crippen LogP contribution in [0.1, 0.15) is 21.5 Å². The fourth-order valence-corrected chi connectivity index (χ4v) is 3.35. The molecule has 0 aliphatic heterocycles. The van der Waals surface area contributed by atoms with Crippen LogP contribution in [0.5, 0.6) is 0 Å². The third kappa shape index (κ3) is 3.42. The summed E-state index contributed by atoms with van der Waals surface area (Å²) in [6.45, 7) is 2.04. The predicted octanol–water partition coefficient (Wildman–Crippen LogP) is 2.50. The third-order valence-electron chi connectivity index (χ3n) is 3.85. The van der Waals surface area contributed by atoms with Gasteiger partial charge in [0.15, 0.2) is 0 Å². The maximum atomic E-state index is 12.6. The van der Waals surface area contributed by atoms with Crippen molar-refractivity contribution >= 4 is 34.8 Å². The van der Waals surface area contributed by atoms with E-state index in [0.717, 1.165) is 27.4 Å². The average Bonchev–Trinajstić information content (AvgIpc) is 3.43. The van der Waals surface area contributed by atoms with Crippen LogP contribution in [0.25, 0.3) is 5.69 Å². The molecule has 10 heteroatoms. The highest BCUT2D eigenvalue weighted by molar-refractivity contribution is 7.14. The van der Waals surface area contributed by atoms with E-state index < -0.39 is 0 Å². The zero-order valence-corrected chi connectivity index (χ0v) is 15.2. The topological polar surface area (TPSA) is 117 Å². The molecule has 3 N–H and O–H groups in total. The first kappa shape index (κ1) is 16.9. The molecule has 4 aromatic rings. The van der Waals surface area contributed by atoms with Crippen molar-refractivity contribution in [3.63, 3.8) is 0 Å². The van der Waals surface area contributed by atoms with Gasteiger partial charge in [-0.1, -0.05) is 6.92 Å². The smallest absolute Gasteiger partial charge is 0.291 e. The number of nitrogens with one attached hydrogen (secondary N) is 1. The lowest BCUT2D eigenvalue weighted by Crippen LogP contribution is -2.15. The SMILES string of the molecule is CCc1ccc(C(=O)n2nc(Nc3ccc(-n4cncn4)cc3)nc2N)s1. The van der Waals surface area contributed by atoms with E-state index in [1.165, 1.54) is 17.7 Å². The van der Waals surface area contributed by atoms with Crippen molar-refractivity contribution in [2.24, 2.45) is 0 Å². The van der Waals surface area contributed by atoms with Crippen molar-refractivity contribution in [2.45, 2.75) is 13.3 Å². The molecular weight excluding hydrogens is 364 g/mol. The molecule has 0 saturated carbocycles. The second-order valence-corrected chi connectivity index (χ2v) is 6.81. The van der Waals surface area contributed by atoms with Crippen molar-refractivity contribution in [3.05, 3.63) is 58.8 Å². The summed E-state index contributed by atoms with van der Waals surface area (Å²) in [5.74, 6) is -0.00547. The van der Waals surface area contributed by atoms with E-state index in [0.29, 0.717) is 4.88 Å². The van der Waals surface area contributed by atoms with E-state index >= 15 is 0 Å². The summed E-state index contributed by atoms with van der Waals surface area (Å²) >= 11 is 1.43. The minimum atomic E-state index is -0.292. The fraction of sp³-hybridized carbons (Fsp3) is 0.118. The quantitative estimate of drug-likeness (QED) is 0.546. The van der Waals surface area contributed by atoms with E-state index in [1.54, 1.807) is 17.1 Å². The standard InChI is InChI=1S/C17H16N8OS/c1-2-13-7-8-14(27-13)15(26)25-16(18)22-17(23-25)21-11-3-5-12(6-4-11)24-10-19-9-20-24/h3-10H,2H2,1H3,(H3,18,21,22,23). The molecule has 0 fully saturated rings. The lowest BCUT2D eigenvalue weighted by molar-refractivity contribution is 0.0952. The number of aromatic nitrogens is 6. The summed E-state index contributed by atoms with van der Waals surface area (Å²) in [7, 11) is 0. The van der Waals surface area contributed by atoms with Crippen molar-refractivity contribution in [2.75, 3.05) is 11.1 Å². The van der Waals surface area contributed by atoms with Gasteiger partial charge in [0.05, 0.1) is 10.6 Å². The Labute approximate surface area is 158 Å². The first-order valence-electron chi connectivity index (χ1n) is 8.22. The Morgan fingerprint density at radius 3 is 2.70 bits per heavy atom. The number of hydrogen-bond acceptors (Lipinski definition) is 8. The van der Waals surface area contributed by atoms with Crippen LogP contribution in [-0.4, -0.2) is 35.4 Å². The second-order valence-electron chi connectivity index (χ2n) is 5.64. The molecule has 0 amide bonds. The molecule has 3 aromatic heterocycles. The Kier molecular flexibility index (Phi) is 4.38. The van der Waals surface area contributed by atoms with Gasteiger partial charge in [0, 0.05) is 10.6 Å². The number of nitrogen functional groups attached to an aromatic ring is 1. The van der Waals surface area contributed by atoms with Crippen molar-refractivity contribution < 1.29 is 4.79 Å². The van der Waals surface area contributed by atoms with Crippen molar-refractivity contribution in [1.29, 1.82) is 0 Å². The number of aryl methyl sites for hydroxylation is 1. The Balaban J connectivity index is 1.52. The Morgan fingerprint density at radius 2 is 2.04 bits per heavy atom. The van der Waals surface area contributed by atoms with Gasteiger partial charge in [-0.3, -0.25) is 4.79 Å². The van der Waals surface area contributed by atoms with E-state index in [9.17, 15) is 4.79 Å². The van der Waals surface area contributed by atoms with Crippen LogP contribution in [0, 0.1) is 0 Å². The highest BCUT2D eigenvalue weighted by Gasteiger charge is 2.17. The summed E-state index contributed by atoms with van der Waals surface area (Å²) in [6.07, 6.45) is 3.97. The number of anilines is 3. The van der Waals surface area contributed by atoms with Gasteiger partial charge in [0.25, 0.3) is 5.91 Å². The van der Waals surface area contributed by atoms with Gasteiger partial charge in [-0.15, -0.1) is 16.4 Å². The molecule has 0 spiro atoms. The molecule has 0 bridgehead atoms. The minimum absolute atomic E-state index is 0.0354. The van der Waals surface area contributed by atoms with E-state index in [-0.39, 0.29) is 17.8 Å². The molecule has 0 aliphatic carbocycles. The van der Waals surface area contributed by atoms with Crippen LogP contribution < -0.4 is 11.1 Å². The Hall–Kier alpha value is -3.53. The highest BCUT2D eigenvalue weighted by Crippen LogP contribution is 2.21. The van der Waals surface area contributed by atoms with Crippen LogP contribution in [0.2, 0.25) is 0 Å². The zero-order chi connectivity index (χ0) is 18.8. The molecule has 136 valence electrons. The highest BCUT2D eigenvalue weighted by atomic mass is 32.1. The van der Waals surface area contributed by atoms with Crippen LogP contribution in [0.4, 0.5) is 17.6 Å². The van der Waals surface area contributed by atoms with Gasteiger partial charge in [-0.25, -0.2) is 9.67 Å². The summed E-state index contributed by atoms with van der Waals surface area (Å²) < 4.78 is 2.76. The van der Waals surface area contributed by atoms with E-state index in [1.807, 2.05) is 37.3 Å². The van der Waals surface area contributed by atoms with Crippen molar-refractivity contribution in [3.8, 4) is 5.69 Å². The summed E-state index contributed by atoms with van der Waals surface area (Å²) in [5.41, 5.74) is 7.50. The first-order valence-corrected chi connectivity index (χ1v) is 9.03. The molecule has 0 saturated heterocycles. The number of thiophene rings is 1. The fourth-order valence-electron chi connectivity index (χ4n) is 2.48. The number of carbonyl (C=O) groups is 1. The molecule has 1 aromatic carbocycles. The molecular formula is C17H16N8OS. The third-order valence-corrected chi connectivity index (χ3v) is 5.07. The van der Waals surface area contributed by atoms with Gasteiger partial charge in [-0.2, -0.15) is 14.8 Å². The lowest BCUT2D eigenvalue weighted by Gasteiger charge is -2.04. The normalized spacial score (nSPS) is 10.9. The number of carbonyl (C=O) groups excluding carboxylic acids is 1. The first-order chi connectivity index (χ1) is 13.1. The number of hydrogen-bond donors (Lipinski definition) is 2. The monoisotopic (exact) mass is 380 g/mol. The van der Waals surface area contributed by atoms with Crippen molar-refractivity contribution in [1.82, 2.24) is 29.5 Å². The van der Waals surface area contributed by atoms with Gasteiger partial charge in [0.1, 0.15) is 12.7 Å². The number of nitrogens with two attached hydrogens (primary N) is 1. The molecule has 3 heterocycles. The molecule has 9 nitrogen and oxygen atoms in total. The van der Waals surface area contributed by atoms with Crippen LogP contribution >= 0.6 is 11.3 Å². The summed E-state index contributed by atoms with van der Waals surface area (Å²) in [6, 6.07) is 11.2. The predicted molar refractivity (Wildman–Crippen MR) is 103 cm³/mol. The second kappa shape index (κ2) is 7.00. The molecule has 0 radical (unpaired) electrons. The summed E-state index contributed by atoms with van der Waals surface area (Å²) in [5, 5.41) is 11.3. The number of nitrogens with zero attached hydrogens (tertiary/aromatic N) is 6. The molecule has 0 atom stereocenters.